The SMILES string of the molecule is CCCCCCCCCCCCC/C=C/[C@@H](OC(=O)c1ccccc1)[C@@H](CO)OS(C)(=O)=O. The summed E-state index contributed by atoms with van der Waals surface area (Å²) < 4.78 is 33.5. The summed E-state index contributed by atoms with van der Waals surface area (Å²) in [4.78, 5) is 12.4. The zero-order valence-electron chi connectivity index (χ0n) is 20.3. The predicted octanol–water partition coefficient (Wildman–Crippen LogP) is 5.81. The number of allylic oxidation sites excluding steroid dienone is 1. The number of ether oxygens (including phenoxy) is 1. The van der Waals surface area contributed by atoms with Crippen molar-refractivity contribution >= 4 is 16.1 Å². The Morgan fingerprint density at radius 2 is 1.48 bits per heavy atom. The highest BCUT2D eigenvalue weighted by Crippen LogP contribution is 2.15. The second-order valence-corrected chi connectivity index (χ2v) is 10.1. The lowest BCUT2D eigenvalue weighted by atomic mass is 10.0. The summed E-state index contributed by atoms with van der Waals surface area (Å²) in [5.74, 6) is -0.601. The lowest BCUT2D eigenvalue weighted by Crippen LogP contribution is -2.36. The van der Waals surface area contributed by atoms with E-state index in [1.807, 2.05) is 6.08 Å². The molecule has 2 atom stereocenters. The molecule has 33 heavy (non-hydrogen) atoms. The predicted molar refractivity (Wildman–Crippen MR) is 133 cm³/mol. The summed E-state index contributed by atoms with van der Waals surface area (Å²) in [6.07, 6.45) is 16.8. The zero-order chi connectivity index (χ0) is 24.4. The molecule has 6 nitrogen and oxygen atoms in total. The molecule has 1 aromatic carbocycles. The summed E-state index contributed by atoms with van der Waals surface area (Å²) >= 11 is 0. The molecule has 0 aliphatic heterocycles. The Bertz CT molecular complexity index is 760. The molecular formula is C26H42O6S. The van der Waals surface area contributed by atoms with Gasteiger partial charge in [-0.1, -0.05) is 95.4 Å². The summed E-state index contributed by atoms with van der Waals surface area (Å²) in [5.41, 5.74) is 0.345. The van der Waals surface area contributed by atoms with Crippen LogP contribution in [0.2, 0.25) is 0 Å². The molecule has 0 heterocycles. The molecular weight excluding hydrogens is 440 g/mol. The number of esters is 1. The minimum Gasteiger partial charge on any atom is -0.452 e. The van der Waals surface area contributed by atoms with Gasteiger partial charge in [0.1, 0.15) is 6.10 Å². The molecule has 1 rings (SSSR count). The lowest BCUT2D eigenvalue weighted by Gasteiger charge is -2.22. The van der Waals surface area contributed by atoms with E-state index >= 15 is 0 Å². The van der Waals surface area contributed by atoms with Crippen LogP contribution in [0.5, 0.6) is 0 Å². The first kappa shape index (κ1) is 29.3. The molecule has 0 spiro atoms. The maximum Gasteiger partial charge on any atom is 0.338 e. The minimum absolute atomic E-state index is 0.345. The van der Waals surface area contributed by atoms with E-state index in [-0.39, 0.29) is 0 Å². The smallest absolute Gasteiger partial charge is 0.338 e. The van der Waals surface area contributed by atoms with Crippen LogP contribution in [0.1, 0.15) is 94.3 Å². The van der Waals surface area contributed by atoms with Crippen LogP contribution in [0.15, 0.2) is 42.5 Å². The van der Waals surface area contributed by atoms with Gasteiger partial charge in [0, 0.05) is 0 Å². The van der Waals surface area contributed by atoms with Gasteiger partial charge >= 0.3 is 5.97 Å². The maximum absolute atomic E-state index is 12.4. The van der Waals surface area contributed by atoms with Crippen molar-refractivity contribution in [1.29, 1.82) is 0 Å². The van der Waals surface area contributed by atoms with Gasteiger partial charge in [-0.2, -0.15) is 8.42 Å². The van der Waals surface area contributed by atoms with Crippen LogP contribution in [0.4, 0.5) is 0 Å². The molecule has 0 amide bonds. The van der Waals surface area contributed by atoms with E-state index in [0.29, 0.717) is 5.56 Å². The zero-order valence-corrected chi connectivity index (χ0v) is 21.1. The number of benzene rings is 1. The average Bonchev–Trinajstić information content (AvgIpc) is 2.79. The Labute approximate surface area is 200 Å². The van der Waals surface area contributed by atoms with E-state index in [1.54, 1.807) is 36.4 Å². The van der Waals surface area contributed by atoms with Crippen LogP contribution in [-0.4, -0.2) is 44.6 Å². The molecule has 1 N–H and O–H groups in total. The standard InChI is InChI=1S/C26H42O6S/c1-3-4-5-6-7-8-9-10-11-12-13-14-18-21-24(25(22-27)32-33(2,29)30)31-26(28)23-19-16-15-17-20-23/h15-21,24-25,27H,3-14,22H2,1-2H3/b21-18+/t24-,25-/m1/s1. The first-order chi connectivity index (χ1) is 15.9. The van der Waals surface area contributed by atoms with E-state index in [9.17, 15) is 18.3 Å². The Balaban J connectivity index is 2.44. The van der Waals surface area contributed by atoms with Gasteiger partial charge in [0.25, 0.3) is 10.1 Å². The quantitative estimate of drug-likeness (QED) is 0.116. The van der Waals surface area contributed by atoms with Gasteiger partial charge in [0.05, 0.1) is 18.4 Å². The maximum atomic E-state index is 12.4. The number of carbonyl (C=O) groups excluding carboxylic acids is 1. The molecule has 188 valence electrons. The van der Waals surface area contributed by atoms with Crippen molar-refractivity contribution < 1.29 is 27.2 Å². The van der Waals surface area contributed by atoms with E-state index in [0.717, 1.165) is 25.5 Å². The van der Waals surface area contributed by atoms with Crippen molar-refractivity contribution in [1.82, 2.24) is 0 Å². The number of carbonyl (C=O) groups is 1. The van der Waals surface area contributed by atoms with E-state index in [1.165, 1.54) is 57.8 Å². The van der Waals surface area contributed by atoms with Gasteiger partial charge in [-0.25, -0.2) is 4.79 Å². The first-order valence-electron chi connectivity index (χ1n) is 12.3. The van der Waals surface area contributed by atoms with Crippen LogP contribution in [0, 0.1) is 0 Å². The second kappa shape index (κ2) is 17.7. The van der Waals surface area contributed by atoms with Gasteiger partial charge < -0.3 is 9.84 Å². The van der Waals surface area contributed by atoms with Crippen molar-refractivity contribution in [2.75, 3.05) is 12.9 Å². The number of aliphatic hydroxyl groups excluding tert-OH is 1. The number of rotatable bonds is 19. The molecule has 0 saturated carbocycles. The number of unbranched alkanes of at least 4 members (excludes halogenated alkanes) is 11. The first-order valence-corrected chi connectivity index (χ1v) is 14.1. The number of aliphatic hydroxyl groups is 1. The van der Waals surface area contributed by atoms with Crippen LogP contribution >= 0.6 is 0 Å². The largest absolute Gasteiger partial charge is 0.452 e. The highest BCUT2D eigenvalue weighted by molar-refractivity contribution is 7.86. The third-order valence-corrected chi connectivity index (χ3v) is 5.99. The van der Waals surface area contributed by atoms with E-state index < -0.39 is 34.9 Å². The van der Waals surface area contributed by atoms with Gasteiger partial charge in [0.2, 0.25) is 0 Å². The van der Waals surface area contributed by atoms with E-state index in [2.05, 4.69) is 6.92 Å². The molecule has 0 unspecified atom stereocenters. The average molecular weight is 483 g/mol. The highest BCUT2D eigenvalue weighted by atomic mass is 32.2. The summed E-state index contributed by atoms with van der Waals surface area (Å²) in [7, 11) is -3.82. The van der Waals surface area contributed by atoms with Gasteiger partial charge in [0.15, 0.2) is 6.10 Å². The molecule has 0 saturated heterocycles. The van der Waals surface area contributed by atoms with Crippen LogP contribution in [0.25, 0.3) is 0 Å². The van der Waals surface area contributed by atoms with Crippen molar-refractivity contribution in [3.8, 4) is 0 Å². The molecule has 7 heteroatoms. The van der Waals surface area contributed by atoms with Crippen molar-refractivity contribution in [3.63, 3.8) is 0 Å². The van der Waals surface area contributed by atoms with Gasteiger partial charge in [-0.05, 0) is 31.1 Å². The molecule has 0 aliphatic rings. The van der Waals surface area contributed by atoms with Crippen LogP contribution in [-0.2, 0) is 19.0 Å². The van der Waals surface area contributed by atoms with E-state index in [4.69, 9.17) is 8.92 Å². The van der Waals surface area contributed by atoms with Crippen molar-refractivity contribution in [2.24, 2.45) is 0 Å². The summed E-state index contributed by atoms with van der Waals surface area (Å²) in [6.45, 7) is 1.64. The Kier molecular flexibility index (Phi) is 15.8. The topological polar surface area (TPSA) is 89.9 Å². The fraction of sp³-hybridized carbons (Fsp3) is 0.654. The van der Waals surface area contributed by atoms with Crippen LogP contribution in [0.3, 0.4) is 0 Å². The highest BCUT2D eigenvalue weighted by Gasteiger charge is 2.27. The Morgan fingerprint density at radius 3 is 2.00 bits per heavy atom. The van der Waals surface area contributed by atoms with Crippen molar-refractivity contribution in [2.45, 2.75) is 96.2 Å². The summed E-state index contributed by atoms with van der Waals surface area (Å²) in [6, 6.07) is 8.43. The number of hydrogen-bond acceptors (Lipinski definition) is 6. The third-order valence-electron chi connectivity index (χ3n) is 5.40. The van der Waals surface area contributed by atoms with Crippen LogP contribution < -0.4 is 0 Å². The third kappa shape index (κ3) is 14.9. The second-order valence-electron chi connectivity index (χ2n) is 8.51. The molecule has 1 aromatic rings. The number of hydrogen-bond donors (Lipinski definition) is 1. The van der Waals surface area contributed by atoms with Gasteiger partial charge in [-0.3, -0.25) is 4.18 Å². The summed E-state index contributed by atoms with van der Waals surface area (Å²) in [5, 5.41) is 9.63. The molecule has 0 fully saturated rings. The molecule has 0 aromatic heterocycles. The Hall–Kier alpha value is -1.70. The minimum atomic E-state index is -3.82. The fourth-order valence-corrected chi connectivity index (χ4v) is 4.19. The monoisotopic (exact) mass is 482 g/mol. The molecule has 0 aliphatic carbocycles. The lowest BCUT2D eigenvalue weighted by molar-refractivity contribution is -0.00610. The molecule has 0 bridgehead atoms. The normalized spacial score (nSPS) is 13.8. The van der Waals surface area contributed by atoms with Crippen molar-refractivity contribution in [3.05, 3.63) is 48.0 Å². The fourth-order valence-electron chi connectivity index (χ4n) is 3.58. The molecule has 0 radical (unpaired) electrons. The Morgan fingerprint density at radius 1 is 0.939 bits per heavy atom. The van der Waals surface area contributed by atoms with Gasteiger partial charge in [-0.15, -0.1) is 0 Å².